The SMILES string of the molecule is C#C/C=C\C(CC(ONC(=O)c1ccccc1)C(=O)OC)=C1\C=CC=CC1. The summed E-state index contributed by atoms with van der Waals surface area (Å²) in [5, 5.41) is 0. The summed E-state index contributed by atoms with van der Waals surface area (Å²) in [7, 11) is 1.27. The minimum Gasteiger partial charge on any atom is -0.467 e. The van der Waals surface area contributed by atoms with Crippen molar-refractivity contribution in [1.29, 1.82) is 0 Å². The van der Waals surface area contributed by atoms with E-state index in [1.54, 1.807) is 42.5 Å². The second kappa shape index (κ2) is 10.6. The number of hydroxylamine groups is 1. The first-order valence-corrected chi connectivity index (χ1v) is 8.42. The first-order valence-electron chi connectivity index (χ1n) is 8.42. The normalized spacial score (nSPS) is 15.9. The van der Waals surface area contributed by atoms with E-state index in [0.717, 1.165) is 11.1 Å². The average Bonchev–Trinajstić information content (AvgIpc) is 2.73. The Morgan fingerprint density at radius 1 is 1.30 bits per heavy atom. The van der Waals surface area contributed by atoms with Crippen LogP contribution in [-0.2, 0) is 14.4 Å². The molecule has 0 radical (unpaired) electrons. The lowest BCUT2D eigenvalue weighted by Gasteiger charge is -2.18. The lowest BCUT2D eigenvalue weighted by Crippen LogP contribution is -2.35. The molecule has 1 N–H and O–H groups in total. The van der Waals surface area contributed by atoms with E-state index in [1.807, 2.05) is 24.3 Å². The highest BCUT2D eigenvalue weighted by Crippen LogP contribution is 2.22. The second-order valence-corrected chi connectivity index (χ2v) is 5.67. The highest BCUT2D eigenvalue weighted by molar-refractivity contribution is 5.93. The molecular weight excluding hydrogens is 342 g/mol. The van der Waals surface area contributed by atoms with Crippen molar-refractivity contribution in [2.45, 2.75) is 18.9 Å². The zero-order chi connectivity index (χ0) is 19.5. The molecule has 27 heavy (non-hydrogen) atoms. The zero-order valence-corrected chi connectivity index (χ0v) is 15.1. The highest BCUT2D eigenvalue weighted by Gasteiger charge is 2.24. The molecule has 1 aromatic carbocycles. The number of hydrogen-bond donors (Lipinski definition) is 1. The van der Waals surface area contributed by atoms with Crippen LogP contribution in [-0.4, -0.2) is 25.1 Å². The molecule has 138 valence electrons. The predicted octanol–water partition coefficient (Wildman–Crippen LogP) is 3.28. The number of amides is 1. The number of ether oxygens (including phenoxy) is 1. The molecule has 0 aliphatic heterocycles. The fourth-order valence-corrected chi connectivity index (χ4v) is 2.48. The van der Waals surface area contributed by atoms with Crippen LogP contribution in [0.15, 0.2) is 77.9 Å². The fraction of sp³-hybridized carbons (Fsp3) is 0.182. The molecule has 1 atom stereocenters. The van der Waals surface area contributed by atoms with E-state index in [2.05, 4.69) is 11.4 Å². The summed E-state index contributed by atoms with van der Waals surface area (Å²) >= 11 is 0. The molecule has 1 aliphatic rings. The maximum Gasteiger partial charge on any atom is 0.338 e. The van der Waals surface area contributed by atoms with Crippen LogP contribution in [0.2, 0.25) is 0 Å². The third-order valence-electron chi connectivity index (χ3n) is 3.87. The molecule has 0 saturated carbocycles. The van der Waals surface area contributed by atoms with Crippen LogP contribution >= 0.6 is 0 Å². The Hall–Kier alpha value is -3.36. The van der Waals surface area contributed by atoms with Gasteiger partial charge >= 0.3 is 5.97 Å². The molecule has 5 heteroatoms. The minimum absolute atomic E-state index is 0.202. The molecule has 0 bridgehead atoms. The molecule has 0 spiro atoms. The van der Waals surface area contributed by atoms with Crippen molar-refractivity contribution in [2.75, 3.05) is 7.11 Å². The third-order valence-corrected chi connectivity index (χ3v) is 3.87. The molecule has 0 fully saturated rings. The summed E-state index contributed by atoms with van der Waals surface area (Å²) in [6.07, 6.45) is 16.4. The highest BCUT2D eigenvalue weighted by atomic mass is 16.7. The Balaban J connectivity index is 2.14. The van der Waals surface area contributed by atoms with Crippen molar-refractivity contribution in [1.82, 2.24) is 5.48 Å². The van der Waals surface area contributed by atoms with Gasteiger partial charge in [-0.3, -0.25) is 9.63 Å². The van der Waals surface area contributed by atoms with Crippen LogP contribution in [0.25, 0.3) is 0 Å². The van der Waals surface area contributed by atoms with Gasteiger partial charge in [0.2, 0.25) is 0 Å². The molecule has 5 nitrogen and oxygen atoms in total. The summed E-state index contributed by atoms with van der Waals surface area (Å²) < 4.78 is 4.81. The summed E-state index contributed by atoms with van der Waals surface area (Å²) in [6.45, 7) is 0. The molecule has 0 heterocycles. The number of rotatable bonds is 7. The van der Waals surface area contributed by atoms with E-state index in [-0.39, 0.29) is 6.42 Å². The van der Waals surface area contributed by atoms with Crippen LogP contribution < -0.4 is 5.48 Å². The van der Waals surface area contributed by atoms with Gasteiger partial charge in [0.05, 0.1) is 7.11 Å². The molecule has 1 aliphatic carbocycles. The molecular formula is C22H21NO4. The van der Waals surface area contributed by atoms with Gasteiger partial charge < -0.3 is 4.74 Å². The van der Waals surface area contributed by atoms with Gasteiger partial charge in [-0.2, -0.15) is 0 Å². The summed E-state index contributed by atoms with van der Waals surface area (Å²) in [6, 6.07) is 8.57. The number of benzene rings is 1. The van der Waals surface area contributed by atoms with E-state index in [9.17, 15) is 9.59 Å². The average molecular weight is 363 g/mol. The van der Waals surface area contributed by atoms with Crippen LogP contribution in [0.5, 0.6) is 0 Å². The lowest BCUT2D eigenvalue weighted by molar-refractivity contribution is -0.157. The van der Waals surface area contributed by atoms with Crippen LogP contribution in [0, 0.1) is 12.3 Å². The first kappa shape index (κ1) is 20.0. The van der Waals surface area contributed by atoms with E-state index >= 15 is 0 Å². The summed E-state index contributed by atoms with van der Waals surface area (Å²) in [5.41, 5.74) is 4.58. The number of hydrogen-bond acceptors (Lipinski definition) is 4. The number of methoxy groups -OCH3 is 1. The van der Waals surface area contributed by atoms with E-state index in [0.29, 0.717) is 12.0 Å². The standard InChI is InChI=1S/C22H21NO4/c1-3-4-11-19(17-12-7-5-8-13-17)16-20(22(25)26-2)27-23-21(24)18-14-9-6-10-15-18/h1,4-12,14-15,20H,13,16H2,2H3,(H,23,24)/b11-4-,19-17+. The van der Waals surface area contributed by atoms with Gasteiger partial charge in [-0.05, 0) is 35.8 Å². The maximum absolute atomic E-state index is 12.2. The van der Waals surface area contributed by atoms with Gasteiger partial charge in [-0.15, -0.1) is 6.42 Å². The number of carbonyl (C=O) groups excluding carboxylic acids is 2. The number of allylic oxidation sites excluding steroid dienone is 7. The van der Waals surface area contributed by atoms with E-state index in [1.165, 1.54) is 7.11 Å². The molecule has 0 aromatic heterocycles. The Morgan fingerprint density at radius 3 is 2.70 bits per heavy atom. The van der Waals surface area contributed by atoms with Crippen LogP contribution in [0.3, 0.4) is 0 Å². The van der Waals surface area contributed by atoms with Crippen LogP contribution in [0.1, 0.15) is 23.2 Å². The van der Waals surface area contributed by atoms with Crippen molar-refractivity contribution >= 4 is 11.9 Å². The van der Waals surface area contributed by atoms with E-state index in [4.69, 9.17) is 16.0 Å². The molecule has 1 amide bonds. The van der Waals surface area contributed by atoms with Crippen LogP contribution in [0.4, 0.5) is 0 Å². The Labute approximate surface area is 159 Å². The number of carbonyl (C=O) groups is 2. The third kappa shape index (κ3) is 6.14. The lowest BCUT2D eigenvalue weighted by atomic mass is 9.96. The topological polar surface area (TPSA) is 64.6 Å². The Bertz CT molecular complexity index is 826. The van der Waals surface area contributed by atoms with Crippen molar-refractivity contribution < 1.29 is 19.2 Å². The molecule has 2 rings (SSSR count). The predicted molar refractivity (Wildman–Crippen MR) is 103 cm³/mol. The fourth-order valence-electron chi connectivity index (χ4n) is 2.48. The van der Waals surface area contributed by atoms with Gasteiger partial charge in [-0.1, -0.05) is 54.5 Å². The Kier molecular flexibility index (Phi) is 7.83. The van der Waals surface area contributed by atoms with Crippen molar-refractivity contribution in [2.24, 2.45) is 0 Å². The first-order chi connectivity index (χ1) is 13.2. The Morgan fingerprint density at radius 2 is 2.07 bits per heavy atom. The molecule has 1 unspecified atom stereocenters. The van der Waals surface area contributed by atoms with Crippen molar-refractivity contribution in [3.8, 4) is 12.3 Å². The largest absolute Gasteiger partial charge is 0.467 e. The van der Waals surface area contributed by atoms with Crippen molar-refractivity contribution in [3.05, 3.63) is 83.5 Å². The molecule has 0 saturated heterocycles. The van der Waals surface area contributed by atoms with Gasteiger partial charge in [-0.25, -0.2) is 10.3 Å². The van der Waals surface area contributed by atoms with Gasteiger partial charge in [0.15, 0.2) is 6.10 Å². The number of esters is 1. The summed E-state index contributed by atoms with van der Waals surface area (Å²) in [5.74, 6) is 1.40. The maximum atomic E-state index is 12.2. The van der Waals surface area contributed by atoms with Crippen molar-refractivity contribution in [3.63, 3.8) is 0 Å². The van der Waals surface area contributed by atoms with E-state index < -0.39 is 18.0 Å². The smallest absolute Gasteiger partial charge is 0.338 e. The quantitative estimate of drug-likeness (QED) is 0.459. The second-order valence-electron chi connectivity index (χ2n) is 5.67. The summed E-state index contributed by atoms with van der Waals surface area (Å²) in [4.78, 5) is 29.7. The van der Waals surface area contributed by atoms with Gasteiger partial charge in [0.25, 0.3) is 5.91 Å². The zero-order valence-electron chi connectivity index (χ0n) is 15.1. The van der Waals surface area contributed by atoms with Gasteiger partial charge in [0, 0.05) is 12.0 Å². The van der Waals surface area contributed by atoms with Gasteiger partial charge in [0.1, 0.15) is 0 Å². The molecule has 1 aromatic rings. The number of terminal acetylenes is 1. The minimum atomic E-state index is -1.01. The number of nitrogens with one attached hydrogen (secondary N) is 1. The monoisotopic (exact) mass is 363 g/mol.